The Bertz CT molecular complexity index is 816. The molecule has 0 saturated carbocycles. The molecule has 1 unspecified atom stereocenters. The van der Waals surface area contributed by atoms with Gasteiger partial charge in [-0.15, -0.1) is 0 Å². The first-order valence-corrected chi connectivity index (χ1v) is 9.14. The number of piperidine rings is 1. The van der Waals surface area contributed by atoms with Crippen LogP contribution in [0.2, 0.25) is 0 Å². The van der Waals surface area contributed by atoms with Crippen LogP contribution in [0, 0.1) is 18.7 Å². The summed E-state index contributed by atoms with van der Waals surface area (Å²) in [7, 11) is 0. The van der Waals surface area contributed by atoms with E-state index in [2.05, 4.69) is 4.98 Å². The van der Waals surface area contributed by atoms with Crippen molar-refractivity contribution in [2.24, 2.45) is 5.92 Å². The SMILES string of the molecule is CCOC(=O)C1CCCN(C(=O)Cc2nc(-c3ccc(F)cc3)oc2C)C1. The first-order chi connectivity index (χ1) is 13.0. The van der Waals surface area contributed by atoms with Gasteiger partial charge in [0.05, 0.1) is 24.6 Å². The lowest BCUT2D eigenvalue weighted by Crippen LogP contribution is -2.43. The number of carbonyl (C=O) groups is 2. The summed E-state index contributed by atoms with van der Waals surface area (Å²) in [6.45, 7) is 4.86. The maximum Gasteiger partial charge on any atom is 0.310 e. The molecule has 3 rings (SSSR count). The summed E-state index contributed by atoms with van der Waals surface area (Å²) in [4.78, 5) is 30.7. The van der Waals surface area contributed by atoms with E-state index in [0.29, 0.717) is 42.6 Å². The minimum Gasteiger partial charge on any atom is -0.466 e. The van der Waals surface area contributed by atoms with Crippen LogP contribution in [0.15, 0.2) is 28.7 Å². The van der Waals surface area contributed by atoms with Crippen molar-refractivity contribution < 1.29 is 23.1 Å². The van der Waals surface area contributed by atoms with Gasteiger partial charge in [-0.2, -0.15) is 0 Å². The van der Waals surface area contributed by atoms with Gasteiger partial charge in [-0.1, -0.05) is 0 Å². The Morgan fingerprint density at radius 2 is 2.07 bits per heavy atom. The first kappa shape index (κ1) is 19.1. The molecule has 1 aliphatic rings. The zero-order valence-electron chi connectivity index (χ0n) is 15.5. The fraction of sp³-hybridized carbons (Fsp3) is 0.450. The van der Waals surface area contributed by atoms with E-state index >= 15 is 0 Å². The molecule has 0 bridgehead atoms. The van der Waals surface area contributed by atoms with Gasteiger partial charge in [0.1, 0.15) is 11.6 Å². The molecular formula is C20H23FN2O4. The number of halogens is 1. The summed E-state index contributed by atoms with van der Waals surface area (Å²) in [5.41, 5.74) is 1.20. The Morgan fingerprint density at radius 1 is 1.33 bits per heavy atom. The Hall–Kier alpha value is -2.70. The van der Waals surface area contributed by atoms with Gasteiger partial charge in [0.2, 0.25) is 11.8 Å². The number of hydrogen-bond acceptors (Lipinski definition) is 5. The van der Waals surface area contributed by atoms with E-state index < -0.39 is 0 Å². The smallest absolute Gasteiger partial charge is 0.310 e. The van der Waals surface area contributed by atoms with E-state index in [9.17, 15) is 14.0 Å². The molecule has 1 aliphatic heterocycles. The predicted octanol–water partition coefficient (Wildman–Crippen LogP) is 3.13. The van der Waals surface area contributed by atoms with E-state index in [4.69, 9.17) is 9.15 Å². The lowest BCUT2D eigenvalue weighted by atomic mass is 9.98. The van der Waals surface area contributed by atoms with Crippen molar-refractivity contribution in [3.8, 4) is 11.5 Å². The molecule has 144 valence electrons. The van der Waals surface area contributed by atoms with E-state index in [-0.39, 0.29) is 30.0 Å². The Balaban J connectivity index is 1.67. The minimum absolute atomic E-state index is 0.0916. The summed E-state index contributed by atoms with van der Waals surface area (Å²) < 4.78 is 23.8. The fourth-order valence-corrected chi connectivity index (χ4v) is 3.22. The highest BCUT2D eigenvalue weighted by molar-refractivity contribution is 5.80. The molecule has 1 saturated heterocycles. The number of likely N-dealkylation sites (tertiary alicyclic amines) is 1. The second-order valence-electron chi connectivity index (χ2n) is 6.64. The third-order valence-electron chi connectivity index (χ3n) is 4.70. The minimum atomic E-state index is -0.335. The number of carbonyl (C=O) groups excluding carboxylic acids is 2. The summed E-state index contributed by atoms with van der Waals surface area (Å²) in [6, 6.07) is 5.84. The molecule has 1 aromatic heterocycles. The third kappa shape index (κ3) is 4.53. The van der Waals surface area contributed by atoms with Gasteiger partial charge in [-0.3, -0.25) is 9.59 Å². The molecule has 2 aromatic rings. The van der Waals surface area contributed by atoms with Crippen molar-refractivity contribution in [3.05, 3.63) is 41.5 Å². The lowest BCUT2D eigenvalue weighted by molar-refractivity contribution is -0.151. The number of rotatable bonds is 5. The van der Waals surface area contributed by atoms with Crippen LogP contribution in [0.4, 0.5) is 4.39 Å². The topological polar surface area (TPSA) is 72.6 Å². The number of benzene rings is 1. The Morgan fingerprint density at radius 3 is 2.78 bits per heavy atom. The van der Waals surface area contributed by atoms with Crippen molar-refractivity contribution in [1.82, 2.24) is 9.88 Å². The van der Waals surface area contributed by atoms with Crippen LogP contribution in [-0.4, -0.2) is 41.5 Å². The monoisotopic (exact) mass is 374 g/mol. The normalized spacial score (nSPS) is 17.0. The Labute approximate surface area is 157 Å². The van der Waals surface area contributed by atoms with Gasteiger partial charge in [0.15, 0.2) is 0 Å². The molecule has 0 aliphatic carbocycles. The fourth-order valence-electron chi connectivity index (χ4n) is 3.22. The summed E-state index contributed by atoms with van der Waals surface area (Å²) in [6.07, 6.45) is 1.61. The summed E-state index contributed by atoms with van der Waals surface area (Å²) >= 11 is 0. The van der Waals surface area contributed by atoms with Gasteiger partial charge in [-0.25, -0.2) is 9.37 Å². The van der Waals surface area contributed by atoms with Crippen LogP contribution in [0.1, 0.15) is 31.2 Å². The Kier molecular flexibility index (Phi) is 5.88. The van der Waals surface area contributed by atoms with E-state index in [1.807, 2.05) is 0 Å². The first-order valence-electron chi connectivity index (χ1n) is 9.14. The largest absolute Gasteiger partial charge is 0.466 e. The average Bonchev–Trinajstić information content (AvgIpc) is 3.03. The second kappa shape index (κ2) is 8.33. The van der Waals surface area contributed by atoms with Gasteiger partial charge < -0.3 is 14.1 Å². The third-order valence-corrected chi connectivity index (χ3v) is 4.70. The molecule has 0 radical (unpaired) electrons. The number of oxazole rings is 1. The number of amides is 1. The number of nitrogens with zero attached hydrogens (tertiary/aromatic N) is 2. The van der Waals surface area contributed by atoms with Crippen molar-refractivity contribution >= 4 is 11.9 Å². The average molecular weight is 374 g/mol. The van der Waals surface area contributed by atoms with Gasteiger partial charge in [-0.05, 0) is 51.0 Å². The molecule has 2 heterocycles. The molecule has 6 nitrogen and oxygen atoms in total. The molecule has 0 spiro atoms. The summed E-state index contributed by atoms with van der Waals surface area (Å²) in [5.74, 6) is -0.0215. The van der Waals surface area contributed by atoms with Crippen LogP contribution in [0.25, 0.3) is 11.5 Å². The van der Waals surface area contributed by atoms with E-state index in [1.54, 1.807) is 30.9 Å². The van der Waals surface area contributed by atoms with Gasteiger partial charge in [0.25, 0.3) is 0 Å². The van der Waals surface area contributed by atoms with Gasteiger partial charge in [0, 0.05) is 18.7 Å². The number of ether oxygens (including phenoxy) is 1. The van der Waals surface area contributed by atoms with Crippen LogP contribution >= 0.6 is 0 Å². The van der Waals surface area contributed by atoms with Crippen LogP contribution in [0.5, 0.6) is 0 Å². The number of hydrogen-bond donors (Lipinski definition) is 0. The van der Waals surface area contributed by atoms with Crippen molar-refractivity contribution in [2.45, 2.75) is 33.1 Å². The quantitative estimate of drug-likeness (QED) is 0.752. The molecular weight excluding hydrogens is 351 g/mol. The standard InChI is InChI=1S/C20H23FN2O4/c1-3-26-20(25)15-5-4-10-23(12-15)18(24)11-17-13(2)27-19(22-17)14-6-8-16(21)9-7-14/h6-9,15H,3-5,10-12H2,1-2H3. The molecule has 27 heavy (non-hydrogen) atoms. The van der Waals surface area contributed by atoms with E-state index in [0.717, 1.165) is 12.8 Å². The van der Waals surface area contributed by atoms with E-state index in [1.165, 1.54) is 12.1 Å². The molecule has 1 amide bonds. The van der Waals surface area contributed by atoms with Crippen molar-refractivity contribution in [1.29, 1.82) is 0 Å². The van der Waals surface area contributed by atoms with Crippen molar-refractivity contribution in [3.63, 3.8) is 0 Å². The van der Waals surface area contributed by atoms with Crippen LogP contribution in [-0.2, 0) is 20.7 Å². The maximum atomic E-state index is 13.1. The number of esters is 1. The van der Waals surface area contributed by atoms with Crippen LogP contribution < -0.4 is 0 Å². The molecule has 0 N–H and O–H groups in total. The molecule has 1 atom stereocenters. The molecule has 1 fully saturated rings. The highest BCUT2D eigenvalue weighted by Crippen LogP contribution is 2.24. The van der Waals surface area contributed by atoms with Crippen molar-refractivity contribution in [2.75, 3.05) is 19.7 Å². The highest BCUT2D eigenvalue weighted by Gasteiger charge is 2.30. The summed E-state index contributed by atoms with van der Waals surface area (Å²) in [5, 5.41) is 0. The second-order valence-corrected chi connectivity index (χ2v) is 6.64. The lowest BCUT2D eigenvalue weighted by Gasteiger charge is -2.31. The van der Waals surface area contributed by atoms with Gasteiger partial charge >= 0.3 is 5.97 Å². The zero-order valence-corrected chi connectivity index (χ0v) is 15.5. The molecule has 1 aromatic carbocycles. The number of aromatic nitrogens is 1. The zero-order chi connectivity index (χ0) is 19.4. The maximum absolute atomic E-state index is 13.1. The number of aryl methyl sites for hydroxylation is 1. The highest BCUT2D eigenvalue weighted by atomic mass is 19.1. The molecule has 7 heteroatoms. The van der Waals surface area contributed by atoms with Crippen LogP contribution in [0.3, 0.4) is 0 Å². The predicted molar refractivity (Wildman–Crippen MR) is 96.3 cm³/mol.